The molecule has 0 radical (unpaired) electrons. The highest BCUT2D eigenvalue weighted by atomic mass is 79.9. The summed E-state index contributed by atoms with van der Waals surface area (Å²) in [5.74, 6) is 1.69. The van der Waals surface area contributed by atoms with E-state index in [2.05, 4.69) is 51.2 Å². The van der Waals surface area contributed by atoms with E-state index in [0.29, 0.717) is 5.92 Å². The van der Waals surface area contributed by atoms with E-state index in [-0.39, 0.29) is 0 Å². The fourth-order valence-electron chi connectivity index (χ4n) is 1.77. The molecule has 3 nitrogen and oxygen atoms in total. The lowest BCUT2D eigenvalue weighted by Gasteiger charge is -2.18. The van der Waals surface area contributed by atoms with E-state index in [1.807, 2.05) is 6.20 Å². The number of rotatable bonds is 0. The van der Waals surface area contributed by atoms with Gasteiger partial charge in [0.25, 0.3) is 0 Å². The van der Waals surface area contributed by atoms with Crippen molar-refractivity contribution in [3.05, 3.63) is 16.7 Å². The highest BCUT2D eigenvalue weighted by molar-refractivity contribution is 9.10. The number of anilines is 2. The molecule has 2 rings (SSSR count). The summed E-state index contributed by atoms with van der Waals surface area (Å²) in [4.78, 5) is 6.61. The van der Waals surface area contributed by atoms with E-state index < -0.39 is 0 Å². The maximum absolute atomic E-state index is 4.41. The highest BCUT2D eigenvalue weighted by Gasteiger charge is 2.17. The van der Waals surface area contributed by atoms with E-state index in [9.17, 15) is 0 Å². The van der Waals surface area contributed by atoms with Crippen LogP contribution in [0.1, 0.15) is 6.92 Å². The minimum atomic E-state index is 0.646. The van der Waals surface area contributed by atoms with Crippen molar-refractivity contribution in [1.82, 2.24) is 4.98 Å². The third-order valence-corrected chi connectivity index (χ3v) is 2.86. The van der Waals surface area contributed by atoms with Crippen LogP contribution in [0.3, 0.4) is 0 Å². The molecular weight excluding hydrogens is 242 g/mol. The molecule has 0 bridgehead atoms. The maximum atomic E-state index is 4.41. The summed E-state index contributed by atoms with van der Waals surface area (Å²) < 4.78 is 1.02. The van der Waals surface area contributed by atoms with Gasteiger partial charge in [-0.2, -0.15) is 0 Å². The SMILES string of the molecule is CC1CNc2cc(Br)cnc2N(C)C1. The fourth-order valence-corrected chi connectivity index (χ4v) is 2.10. The Hall–Kier alpha value is -0.770. The van der Waals surface area contributed by atoms with Crippen LogP contribution in [0, 0.1) is 5.92 Å². The first-order chi connectivity index (χ1) is 6.66. The van der Waals surface area contributed by atoms with Gasteiger partial charge in [-0.15, -0.1) is 0 Å². The molecule has 0 saturated heterocycles. The molecule has 0 fully saturated rings. The average Bonchev–Trinajstić information content (AvgIpc) is 2.26. The van der Waals surface area contributed by atoms with E-state index in [0.717, 1.165) is 29.1 Å². The Kier molecular flexibility index (Phi) is 2.63. The van der Waals surface area contributed by atoms with Gasteiger partial charge in [-0.25, -0.2) is 4.98 Å². The van der Waals surface area contributed by atoms with Crippen LogP contribution in [0.4, 0.5) is 11.5 Å². The molecule has 1 N–H and O–H groups in total. The van der Waals surface area contributed by atoms with Crippen molar-refractivity contribution in [2.45, 2.75) is 6.92 Å². The Morgan fingerprint density at radius 1 is 1.64 bits per heavy atom. The Balaban J connectivity index is 2.38. The first-order valence-corrected chi connectivity index (χ1v) is 5.56. The van der Waals surface area contributed by atoms with E-state index in [1.54, 1.807) is 0 Å². The summed E-state index contributed by atoms with van der Waals surface area (Å²) in [6, 6.07) is 2.08. The van der Waals surface area contributed by atoms with Crippen molar-refractivity contribution >= 4 is 27.4 Å². The molecule has 0 amide bonds. The van der Waals surface area contributed by atoms with Crippen LogP contribution >= 0.6 is 15.9 Å². The summed E-state index contributed by atoms with van der Waals surface area (Å²) >= 11 is 3.43. The molecule has 1 aromatic heterocycles. The molecule has 0 spiro atoms. The molecule has 2 heterocycles. The predicted octanol–water partition coefficient (Wildman–Crippen LogP) is 2.34. The van der Waals surface area contributed by atoms with E-state index in [1.165, 1.54) is 0 Å². The number of nitrogens with zero attached hydrogens (tertiary/aromatic N) is 2. The largest absolute Gasteiger partial charge is 0.382 e. The van der Waals surface area contributed by atoms with Crippen LogP contribution in [0.5, 0.6) is 0 Å². The number of nitrogens with one attached hydrogen (secondary N) is 1. The lowest BCUT2D eigenvalue weighted by atomic mass is 10.2. The standard InChI is InChI=1S/C10H14BrN3/c1-7-4-12-9-3-8(11)5-13-10(9)14(2)6-7/h3,5,7,12H,4,6H2,1-2H3. The minimum Gasteiger partial charge on any atom is -0.382 e. The van der Waals surface area contributed by atoms with E-state index >= 15 is 0 Å². The van der Waals surface area contributed by atoms with Crippen LogP contribution in [0.25, 0.3) is 0 Å². The van der Waals surface area contributed by atoms with Crippen LogP contribution in [0.2, 0.25) is 0 Å². The third kappa shape index (κ3) is 1.85. The molecule has 1 aliphatic heterocycles. The number of halogens is 1. The molecule has 76 valence electrons. The number of fused-ring (bicyclic) bond motifs is 1. The van der Waals surface area contributed by atoms with E-state index in [4.69, 9.17) is 0 Å². The zero-order valence-corrected chi connectivity index (χ0v) is 10.0. The predicted molar refractivity (Wildman–Crippen MR) is 62.9 cm³/mol. The van der Waals surface area contributed by atoms with Gasteiger partial charge in [-0.3, -0.25) is 0 Å². The molecule has 0 saturated carbocycles. The third-order valence-electron chi connectivity index (χ3n) is 2.42. The molecular formula is C10H14BrN3. The zero-order valence-electron chi connectivity index (χ0n) is 8.42. The Morgan fingerprint density at radius 2 is 2.43 bits per heavy atom. The smallest absolute Gasteiger partial charge is 0.151 e. The molecule has 1 aliphatic rings. The summed E-state index contributed by atoms with van der Waals surface area (Å²) in [5, 5.41) is 3.41. The molecule has 1 aromatic rings. The molecule has 14 heavy (non-hydrogen) atoms. The van der Waals surface area contributed by atoms with Crippen molar-refractivity contribution in [3.63, 3.8) is 0 Å². The van der Waals surface area contributed by atoms with Gasteiger partial charge in [0, 0.05) is 30.8 Å². The van der Waals surface area contributed by atoms with Gasteiger partial charge in [0.2, 0.25) is 0 Å². The number of pyridine rings is 1. The second-order valence-corrected chi connectivity index (χ2v) is 4.81. The Morgan fingerprint density at radius 3 is 3.21 bits per heavy atom. The Labute approximate surface area is 92.6 Å². The maximum Gasteiger partial charge on any atom is 0.151 e. The fraction of sp³-hybridized carbons (Fsp3) is 0.500. The number of hydrogen-bond donors (Lipinski definition) is 1. The normalized spacial score (nSPS) is 21.1. The topological polar surface area (TPSA) is 28.2 Å². The van der Waals surface area contributed by atoms with Gasteiger partial charge in [-0.1, -0.05) is 6.92 Å². The van der Waals surface area contributed by atoms with Gasteiger partial charge in [0.05, 0.1) is 5.69 Å². The average molecular weight is 256 g/mol. The number of aromatic nitrogens is 1. The molecule has 1 atom stereocenters. The van der Waals surface area contributed by atoms with Gasteiger partial charge < -0.3 is 10.2 Å². The summed E-state index contributed by atoms with van der Waals surface area (Å²) in [5.41, 5.74) is 1.12. The zero-order chi connectivity index (χ0) is 10.1. The van der Waals surface area contributed by atoms with Gasteiger partial charge >= 0.3 is 0 Å². The first kappa shape index (κ1) is 9.77. The van der Waals surface area contributed by atoms with Crippen molar-refractivity contribution in [2.75, 3.05) is 30.4 Å². The minimum absolute atomic E-state index is 0.646. The molecule has 4 heteroatoms. The number of hydrogen-bond acceptors (Lipinski definition) is 3. The Bertz CT molecular complexity index is 340. The highest BCUT2D eigenvalue weighted by Crippen LogP contribution is 2.28. The summed E-state index contributed by atoms with van der Waals surface area (Å²) in [7, 11) is 2.09. The second-order valence-electron chi connectivity index (χ2n) is 3.89. The molecule has 0 aromatic carbocycles. The quantitative estimate of drug-likeness (QED) is 0.772. The molecule has 1 unspecified atom stereocenters. The van der Waals surface area contributed by atoms with Gasteiger partial charge in [0.15, 0.2) is 5.82 Å². The summed E-state index contributed by atoms with van der Waals surface area (Å²) in [6.07, 6.45) is 1.84. The first-order valence-electron chi connectivity index (χ1n) is 4.77. The van der Waals surface area contributed by atoms with Gasteiger partial charge in [0.1, 0.15) is 0 Å². The van der Waals surface area contributed by atoms with Crippen LogP contribution in [-0.4, -0.2) is 25.1 Å². The van der Waals surface area contributed by atoms with Crippen molar-refractivity contribution in [3.8, 4) is 0 Å². The van der Waals surface area contributed by atoms with Crippen molar-refractivity contribution in [1.29, 1.82) is 0 Å². The molecule has 0 aliphatic carbocycles. The monoisotopic (exact) mass is 255 g/mol. The lowest BCUT2D eigenvalue weighted by Crippen LogP contribution is -2.24. The van der Waals surface area contributed by atoms with Crippen LogP contribution in [0.15, 0.2) is 16.7 Å². The van der Waals surface area contributed by atoms with Gasteiger partial charge in [-0.05, 0) is 27.9 Å². The summed E-state index contributed by atoms with van der Waals surface area (Å²) in [6.45, 7) is 4.30. The van der Waals surface area contributed by atoms with Crippen LogP contribution < -0.4 is 10.2 Å². The van der Waals surface area contributed by atoms with Crippen LogP contribution in [-0.2, 0) is 0 Å². The second kappa shape index (κ2) is 3.77. The van der Waals surface area contributed by atoms with Crippen molar-refractivity contribution < 1.29 is 0 Å². The lowest BCUT2D eigenvalue weighted by molar-refractivity contribution is 0.616. The van der Waals surface area contributed by atoms with Crippen molar-refractivity contribution in [2.24, 2.45) is 5.92 Å².